The smallest absolute Gasteiger partial charge is 0.00135 e. The van der Waals surface area contributed by atoms with E-state index in [1.165, 1.54) is 44.2 Å². The summed E-state index contributed by atoms with van der Waals surface area (Å²) in [6.07, 6.45) is 3.37. The number of benzene rings is 4. The van der Waals surface area contributed by atoms with E-state index in [9.17, 15) is 0 Å². The first-order valence-corrected chi connectivity index (χ1v) is 8.75. The number of hydrogen-bond donors (Lipinski definition) is 0. The van der Waals surface area contributed by atoms with E-state index in [0.29, 0.717) is 0 Å². The third-order valence-electron chi connectivity index (χ3n) is 5.08. The Bertz CT molecular complexity index is 1100. The van der Waals surface area contributed by atoms with Crippen molar-refractivity contribution in [3.8, 4) is 11.1 Å². The number of fused-ring (bicyclic) bond motifs is 2. The van der Waals surface area contributed by atoms with Crippen LogP contribution in [0.5, 0.6) is 0 Å². The highest BCUT2D eigenvalue weighted by Crippen LogP contribution is 2.37. The Kier molecular flexibility index (Phi) is 3.28. The predicted molar refractivity (Wildman–Crippen MR) is 107 cm³/mol. The van der Waals surface area contributed by atoms with Gasteiger partial charge in [0.25, 0.3) is 0 Å². The molecule has 0 radical (unpaired) electrons. The fourth-order valence-corrected chi connectivity index (χ4v) is 3.83. The van der Waals surface area contributed by atoms with Gasteiger partial charge in [-0.2, -0.15) is 0 Å². The molecule has 0 heterocycles. The van der Waals surface area contributed by atoms with E-state index in [1.54, 1.807) is 0 Å². The van der Waals surface area contributed by atoms with Gasteiger partial charge >= 0.3 is 0 Å². The first kappa shape index (κ1) is 14.2. The van der Waals surface area contributed by atoms with Crippen molar-refractivity contribution in [2.75, 3.05) is 0 Å². The normalized spacial score (nSPS) is 12.9. The minimum atomic E-state index is 1.01. The lowest BCUT2D eigenvalue weighted by Gasteiger charge is -2.12. The Morgan fingerprint density at radius 3 is 2.24 bits per heavy atom. The summed E-state index contributed by atoms with van der Waals surface area (Å²) >= 11 is 0. The standard InChI is InChI=1S/C25H18/c1-2-8-18(9-3-1)22-16-21-12-6-7-13-24(21)25(17-22)23-14-19-10-4-5-11-20(19)15-23/h1-14,16-17H,15H2. The van der Waals surface area contributed by atoms with E-state index < -0.39 is 0 Å². The van der Waals surface area contributed by atoms with E-state index in [-0.39, 0.29) is 0 Å². The fourth-order valence-electron chi connectivity index (χ4n) is 3.83. The molecule has 1 aliphatic carbocycles. The quantitative estimate of drug-likeness (QED) is 0.390. The first-order chi connectivity index (χ1) is 12.4. The van der Waals surface area contributed by atoms with Crippen LogP contribution in [-0.4, -0.2) is 0 Å². The Hall–Kier alpha value is -3.12. The molecule has 4 aromatic carbocycles. The average molecular weight is 318 g/mol. The second-order valence-electron chi connectivity index (χ2n) is 6.66. The average Bonchev–Trinajstić information content (AvgIpc) is 3.12. The van der Waals surface area contributed by atoms with Gasteiger partial charge in [0.2, 0.25) is 0 Å². The molecule has 0 unspecified atom stereocenters. The van der Waals surface area contributed by atoms with E-state index >= 15 is 0 Å². The zero-order valence-corrected chi connectivity index (χ0v) is 13.9. The predicted octanol–water partition coefficient (Wildman–Crippen LogP) is 6.60. The van der Waals surface area contributed by atoms with Crippen molar-refractivity contribution in [1.29, 1.82) is 0 Å². The van der Waals surface area contributed by atoms with Crippen LogP contribution in [0.4, 0.5) is 0 Å². The van der Waals surface area contributed by atoms with Crippen molar-refractivity contribution < 1.29 is 0 Å². The van der Waals surface area contributed by atoms with Gasteiger partial charge in [0.15, 0.2) is 0 Å². The largest absolute Gasteiger partial charge is 0.0622 e. The molecule has 0 bridgehead atoms. The Labute approximate surface area is 148 Å². The molecule has 0 nitrogen and oxygen atoms in total. The maximum absolute atomic E-state index is 2.36. The summed E-state index contributed by atoms with van der Waals surface area (Å²) < 4.78 is 0. The van der Waals surface area contributed by atoms with Gasteiger partial charge in [-0.3, -0.25) is 0 Å². The molecule has 25 heavy (non-hydrogen) atoms. The van der Waals surface area contributed by atoms with Gasteiger partial charge in [0.1, 0.15) is 0 Å². The van der Waals surface area contributed by atoms with Gasteiger partial charge in [0, 0.05) is 0 Å². The van der Waals surface area contributed by atoms with E-state index in [1.807, 2.05) is 0 Å². The van der Waals surface area contributed by atoms with Crippen LogP contribution in [0.15, 0.2) is 91.0 Å². The molecule has 0 fully saturated rings. The molecule has 0 aromatic heterocycles. The summed E-state index contributed by atoms with van der Waals surface area (Å²) in [5.74, 6) is 0. The van der Waals surface area contributed by atoms with Crippen LogP contribution in [0, 0.1) is 0 Å². The van der Waals surface area contributed by atoms with Crippen LogP contribution < -0.4 is 0 Å². The molecule has 118 valence electrons. The van der Waals surface area contributed by atoms with Gasteiger partial charge < -0.3 is 0 Å². The zero-order chi connectivity index (χ0) is 16.6. The van der Waals surface area contributed by atoms with Crippen molar-refractivity contribution in [2.24, 2.45) is 0 Å². The molecule has 5 rings (SSSR count). The second-order valence-corrected chi connectivity index (χ2v) is 6.66. The van der Waals surface area contributed by atoms with Gasteiger partial charge in [0.05, 0.1) is 0 Å². The van der Waals surface area contributed by atoms with Crippen LogP contribution in [0.25, 0.3) is 33.5 Å². The maximum Gasteiger partial charge on any atom is -0.00135 e. The van der Waals surface area contributed by atoms with E-state index in [4.69, 9.17) is 0 Å². The molecule has 0 saturated heterocycles. The lowest BCUT2D eigenvalue weighted by Crippen LogP contribution is -1.90. The summed E-state index contributed by atoms with van der Waals surface area (Å²) in [4.78, 5) is 0. The molecule has 1 aliphatic rings. The minimum Gasteiger partial charge on any atom is -0.0622 e. The summed E-state index contributed by atoms with van der Waals surface area (Å²) in [5.41, 5.74) is 8.10. The molecule has 0 saturated carbocycles. The van der Waals surface area contributed by atoms with Crippen LogP contribution in [0.2, 0.25) is 0 Å². The van der Waals surface area contributed by atoms with E-state index in [0.717, 1.165) is 6.42 Å². The van der Waals surface area contributed by atoms with Crippen molar-refractivity contribution in [3.05, 3.63) is 108 Å². The first-order valence-electron chi connectivity index (χ1n) is 8.75. The SMILES string of the molecule is C1=C(c2cc(-c3ccccc3)cc3ccccc23)Cc2ccccc21. The van der Waals surface area contributed by atoms with Crippen LogP contribution in [0.3, 0.4) is 0 Å². The van der Waals surface area contributed by atoms with Gasteiger partial charge in [-0.25, -0.2) is 0 Å². The molecule has 4 aromatic rings. The van der Waals surface area contributed by atoms with Crippen molar-refractivity contribution >= 4 is 22.4 Å². The van der Waals surface area contributed by atoms with E-state index in [2.05, 4.69) is 97.1 Å². The zero-order valence-electron chi connectivity index (χ0n) is 13.9. The van der Waals surface area contributed by atoms with Crippen molar-refractivity contribution in [3.63, 3.8) is 0 Å². The van der Waals surface area contributed by atoms with Gasteiger partial charge in [-0.1, -0.05) is 84.9 Å². The Morgan fingerprint density at radius 1 is 0.600 bits per heavy atom. The fraction of sp³-hybridized carbons (Fsp3) is 0.0400. The maximum atomic E-state index is 2.36. The molecule has 0 spiro atoms. The highest BCUT2D eigenvalue weighted by atomic mass is 14.2. The third kappa shape index (κ3) is 2.47. The monoisotopic (exact) mass is 318 g/mol. The van der Waals surface area contributed by atoms with Crippen LogP contribution in [0.1, 0.15) is 16.7 Å². The minimum absolute atomic E-state index is 1.01. The van der Waals surface area contributed by atoms with Crippen LogP contribution in [-0.2, 0) is 6.42 Å². The number of hydrogen-bond acceptors (Lipinski definition) is 0. The molecule has 0 N–H and O–H groups in total. The summed E-state index contributed by atoms with van der Waals surface area (Å²) in [5, 5.41) is 2.64. The summed E-state index contributed by atoms with van der Waals surface area (Å²) in [7, 11) is 0. The lowest BCUT2D eigenvalue weighted by molar-refractivity contribution is 1.32. The number of rotatable bonds is 2. The molecule has 0 amide bonds. The molecular formula is C25H18. The Balaban J connectivity index is 1.73. The molecule has 0 atom stereocenters. The Morgan fingerprint density at radius 2 is 1.36 bits per heavy atom. The van der Waals surface area contributed by atoms with Crippen molar-refractivity contribution in [2.45, 2.75) is 6.42 Å². The molecule has 0 heteroatoms. The molecule has 0 aliphatic heterocycles. The molecular weight excluding hydrogens is 300 g/mol. The lowest BCUT2D eigenvalue weighted by atomic mass is 9.92. The van der Waals surface area contributed by atoms with Crippen molar-refractivity contribution in [1.82, 2.24) is 0 Å². The number of allylic oxidation sites excluding steroid dienone is 1. The van der Waals surface area contributed by atoms with Gasteiger partial charge in [-0.05, 0) is 62.7 Å². The van der Waals surface area contributed by atoms with Crippen LogP contribution >= 0.6 is 0 Å². The topological polar surface area (TPSA) is 0 Å². The summed E-state index contributed by atoms with van der Waals surface area (Å²) in [6.45, 7) is 0. The third-order valence-corrected chi connectivity index (χ3v) is 5.08. The second kappa shape index (κ2) is 5.75. The highest BCUT2D eigenvalue weighted by Gasteiger charge is 2.16. The highest BCUT2D eigenvalue weighted by molar-refractivity contribution is 6.02. The van der Waals surface area contributed by atoms with Gasteiger partial charge in [-0.15, -0.1) is 0 Å². The summed E-state index contributed by atoms with van der Waals surface area (Å²) in [6, 6.07) is 32.7.